The first-order chi connectivity index (χ1) is 47.9. The number of phosphoric ester groups is 2. The smallest absolute Gasteiger partial charge is 0.462 e. The highest BCUT2D eigenvalue weighted by Crippen LogP contribution is 2.45. The fourth-order valence-corrected chi connectivity index (χ4v) is 13.9. The molecular weight excluding hydrogens is 1290 g/mol. The number of hydrogen-bond donors (Lipinski definition) is 3. The molecule has 0 spiro atoms. The van der Waals surface area contributed by atoms with Crippen molar-refractivity contribution in [1.82, 2.24) is 0 Å². The molecule has 0 bridgehead atoms. The third-order valence-corrected chi connectivity index (χ3v) is 20.6. The Hall–Kier alpha value is -1.94. The number of unbranched alkanes of at least 4 members (excludes halogenated alkanes) is 49. The molecule has 0 aromatic heterocycles. The molecule has 0 aliphatic carbocycles. The van der Waals surface area contributed by atoms with Crippen LogP contribution in [0.4, 0.5) is 0 Å². The molecule has 0 heterocycles. The second-order valence-corrected chi connectivity index (χ2v) is 32.7. The van der Waals surface area contributed by atoms with Crippen molar-refractivity contribution in [2.45, 2.75) is 439 Å². The second kappa shape index (κ2) is 71.7. The first kappa shape index (κ1) is 97.1. The van der Waals surface area contributed by atoms with Crippen LogP contribution in [-0.2, 0) is 65.4 Å². The Morgan fingerprint density at radius 2 is 0.465 bits per heavy atom. The van der Waals surface area contributed by atoms with Crippen LogP contribution in [0.5, 0.6) is 0 Å². The van der Waals surface area contributed by atoms with Crippen LogP contribution >= 0.6 is 15.6 Å². The predicted molar refractivity (Wildman–Crippen MR) is 405 cm³/mol. The molecule has 0 fully saturated rings. The summed E-state index contributed by atoms with van der Waals surface area (Å²) in [7, 11) is -9.91. The first-order valence-corrected chi connectivity index (χ1v) is 44.5. The van der Waals surface area contributed by atoms with Crippen molar-refractivity contribution >= 4 is 39.5 Å². The Labute approximate surface area is 607 Å². The SMILES string of the molecule is CCCCCCCCCCCCCCCCCCCCCCCCC(=O)O[C@H](COC(=O)CCCCCCCCCCCCCCCC(C)C)COP(=O)(O)OC[C@@H](O)COP(=O)(O)OC[C@@H](COC(=O)CCCCCCCCC)OC(=O)CCCCCCCCCCCCCC(C)C. The van der Waals surface area contributed by atoms with E-state index >= 15 is 0 Å². The van der Waals surface area contributed by atoms with Crippen LogP contribution in [0, 0.1) is 11.8 Å². The van der Waals surface area contributed by atoms with Crippen LogP contribution in [0.25, 0.3) is 0 Å². The molecule has 0 aromatic carbocycles. The molecule has 0 aliphatic rings. The molecule has 0 amide bonds. The average molecular weight is 1450 g/mol. The lowest BCUT2D eigenvalue weighted by Gasteiger charge is -2.21. The number of hydrogen-bond acceptors (Lipinski definition) is 15. The highest BCUT2D eigenvalue weighted by molar-refractivity contribution is 7.47. The minimum atomic E-state index is -4.96. The predicted octanol–water partition coefficient (Wildman–Crippen LogP) is 23.9. The fraction of sp³-hybridized carbons (Fsp3) is 0.950. The molecular formula is C80H156O17P2. The van der Waals surface area contributed by atoms with E-state index < -0.39 is 97.5 Å². The number of esters is 4. The van der Waals surface area contributed by atoms with E-state index in [1.54, 1.807) is 0 Å². The van der Waals surface area contributed by atoms with E-state index in [2.05, 4.69) is 41.5 Å². The Kier molecular flexibility index (Phi) is 70.3. The summed E-state index contributed by atoms with van der Waals surface area (Å²) in [4.78, 5) is 72.8. The zero-order valence-electron chi connectivity index (χ0n) is 64.8. The maximum absolute atomic E-state index is 13.1. The van der Waals surface area contributed by atoms with Gasteiger partial charge in [-0.25, -0.2) is 9.13 Å². The normalized spacial score (nSPS) is 13.9. The number of ether oxygens (including phenoxy) is 4. The largest absolute Gasteiger partial charge is 0.472 e. The average Bonchev–Trinajstić information content (AvgIpc) is 0.999. The molecule has 588 valence electrons. The van der Waals surface area contributed by atoms with Crippen molar-refractivity contribution in [1.29, 1.82) is 0 Å². The van der Waals surface area contributed by atoms with Crippen LogP contribution in [0.2, 0.25) is 0 Å². The Morgan fingerprint density at radius 1 is 0.273 bits per heavy atom. The topological polar surface area (TPSA) is 237 Å². The molecule has 99 heavy (non-hydrogen) atoms. The van der Waals surface area contributed by atoms with Gasteiger partial charge >= 0.3 is 39.5 Å². The Bertz CT molecular complexity index is 1910. The molecule has 3 N–H and O–H groups in total. The third-order valence-electron chi connectivity index (χ3n) is 18.7. The number of aliphatic hydroxyl groups is 1. The highest BCUT2D eigenvalue weighted by Gasteiger charge is 2.30. The van der Waals surface area contributed by atoms with Crippen molar-refractivity contribution in [3.05, 3.63) is 0 Å². The lowest BCUT2D eigenvalue weighted by atomic mass is 10.0. The lowest BCUT2D eigenvalue weighted by Crippen LogP contribution is -2.30. The van der Waals surface area contributed by atoms with Gasteiger partial charge in [0.15, 0.2) is 12.2 Å². The monoisotopic (exact) mass is 1450 g/mol. The van der Waals surface area contributed by atoms with E-state index in [1.165, 1.54) is 225 Å². The van der Waals surface area contributed by atoms with E-state index in [-0.39, 0.29) is 25.7 Å². The van der Waals surface area contributed by atoms with Crippen molar-refractivity contribution in [2.24, 2.45) is 11.8 Å². The van der Waals surface area contributed by atoms with Gasteiger partial charge in [-0.2, -0.15) is 0 Å². The second-order valence-electron chi connectivity index (χ2n) is 29.8. The van der Waals surface area contributed by atoms with E-state index in [0.29, 0.717) is 25.7 Å². The van der Waals surface area contributed by atoms with Gasteiger partial charge in [0.05, 0.1) is 26.4 Å². The summed E-state index contributed by atoms with van der Waals surface area (Å²) in [6, 6.07) is 0. The van der Waals surface area contributed by atoms with E-state index in [9.17, 15) is 43.2 Å². The Morgan fingerprint density at radius 3 is 0.687 bits per heavy atom. The van der Waals surface area contributed by atoms with Gasteiger partial charge in [0.1, 0.15) is 19.3 Å². The van der Waals surface area contributed by atoms with Gasteiger partial charge in [-0.3, -0.25) is 37.3 Å². The van der Waals surface area contributed by atoms with E-state index in [4.69, 9.17) is 37.0 Å². The summed E-state index contributed by atoms with van der Waals surface area (Å²) in [6.07, 6.45) is 61.3. The zero-order valence-corrected chi connectivity index (χ0v) is 66.6. The van der Waals surface area contributed by atoms with Crippen molar-refractivity contribution in [3.63, 3.8) is 0 Å². The molecule has 0 saturated carbocycles. The summed E-state index contributed by atoms with van der Waals surface area (Å²) in [5.74, 6) is -0.559. The quantitative estimate of drug-likeness (QED) is 0.0222. The zero-order chi connectivity index (χ0) is 72.8. The summed E-state index contributed by atoms with van der Waals surface area (Å²) in [5.41, 5.74) is 0. The molecule has 0 saturated heterocycles. The van der Waals surface area contributed by atoms with Crippen LogP contribution in [0.3, 0.4) is 0 Å². The summed E-state index contributed by atoms with van der Waals surface area (Å²) in [6.45, 7) is 9.60. The number of rotatable bonds is 79. The third kappa shape index (κ3) is 74.1. The van der Waals surface area contributed by atoms with Gasteiger partial charge in [0, 0.05) is 25.7 Å². The molecule has 0 radical (unpaired) electrons. The lowest BCUT2D eigenvalue weighted by molar-refractivity contribution is -0.161. The van der Waals surface area contributed by atoms with Gasteiger partial charge in [-0.1, -0.05) is 369 Å². The minimum absolute atomic E-state index is 0.106. The van der Waals surface area contributed by atoms with Gasteiger partial charge in [0.2, 0.25) is 0 Å². The number of carbonyl (C=O) groups is 4. The molecule has 17 nitrogen and oxygen atoms in total. The van der Waals surface area contributed by atoms with E-state index in [1.807, 2.05) is 0 Å². The van der Waals surface area contributed by atoms with Gasteiger partial charge in [-0.05, 0) is 37.5 Å². The Balaban J connectivity index is 5.16. The maximum atomic E-state index is 13.1. The fourth-order valence-electron chi connectivity index (χ4n) is 12.4. The van der Waals surface area contributed by atoms with Gasteiger partial charge in [0.25, 0.3) is 0 Å². The van der Waals surface area contributed by atoms with Crippen molar-refractivity contribution < 1.29 is 80.2 Å². The molecule has 2 unspecified atom stereocenters. The van der Waals surface area contributed by atoms with Crippen LogP contribution < -0.4 is 0 Å². The molecule has 5 atom stereocenters. The molecule has 0 aliphatic heterocycles. The maximum Gasteiger partial charge on any atom is 0.472 e. The van der Waals surface area contributed by atoms with Gasteiger partial charge in [-0.15, -0.1) is 0 Å². The summed E-state index contributed by atoms with van der Waals surface area (Å²) < 4.78 is 68.5. The number of carbonyl (C=O) groups excluding carboxylic acids is 4. The first-order valence-electron chi connectivity index (χ1n) is 41.5. The van der Waals surface area contributed by atoms with Crippen LogP contribution in [0.15, 0.2) is 0 Å². The molecule has 0 rings (SSSR count). The van der Waals surface area contributed by atoms with Gasteiger partial charge < -0.3 is 33.8 Å². The van der Waals surface area contributed by atoms with E-state index in [0.717, 1.165) is 115 Å². The molecule has 19 heteroatoms. The van der Waals surface area contributed by atoms with Crippen LogP contribution in [-0.4, -0.2) is 96.7 Å². The van der Waals surface area contributed by atoms with Crippen molar-refractivity contribution in [3.8, 4) is 0 Å². The molecule has 0 aromatic rings. The highest BCUT2D eigenvalue weighted by atomic mass is 31.2. The standard InChI is InChI=1S/C80H156O17P2/c1-7-9-11-13-15-16-17-18-19-20-21-22-23-24-25-26-29-35-40-46-52-58-64-79(84)97-76(69-91-78(83)63-57-51-45-39-34-30-27-28-32-37-43-48-54-60-72(3)4)71-95-99(88,89)93-67-74(81)66-92-98(86,87)94-70-75(68-90-77(82)62-56-50-42-14-12-10-8-2)96-80(85)65-59-53-47-41-36-31-33-38-44-49-55-61-73(5)6/h72-76,81H,7-71H2,1-6H3,(H,86,87)(H,88,89)/t74-,75+,76+/m0/s1. The minimum Gasteiger partial charge on any atom is -0.462 e. The summed E-state index contributed by atoms with van der Waals surface area (Å²) >= 11 is 0. The number of phosphoric acid groups is 2. The number of aliphatic hydroxyl groups excluding tert-OH is 1. The van der Waals surface area contributed by atoms with Crippen molar-refractivity contribution in [2.75, 3.05) is 39.6 Å². The van der Waals surface area contributed by atoms with Crippen LogP contribution in [0.1, 0.15) is 420 Å². The summed E-state index contributed by atoms with van der Waals surface area (Å²) in [5, 5.41) is 10.6.